The number of rotatable bonds is 5. The molecule has 0 atom stereocenters. The minimum atomic E-state index is -0.321. The van der Waals surface area contributed by atoms with E-state index in [9.17, 15) is 4.39 Å². The third-order valence-corrected chi connectivity index (χ3v) is 3.77. The quantitative estimate of drug-likeness (QED) is 0.917. The number of nitrogens with zero attached hydrogens (tertiary/aromatic N) is 2. The fraction of sp³-hybridized carbons (Fsp3) is 0.375. The molecular weight excluding hydrogens is 289 g/mol. The second kappa shape index (κ2) is 6.96. The molecule has 0 radical (unpaired) electrons. The summed E-state index contributed by atoms with van der Waals surface area (Å²) in [5, 5.41) is 3.68. The van der Waals surface area contributed by atoms with Crippen molar-refractivity contribution >= 4 is 11.6 Å². The molecule has 0 spiro atoms. The summed E-state index contributed by atoms with van der Waals surface area (Å²) in [5.74, 6) is 0.274. The van der Waals surface area contributed by atoms with Crippen LogP contribution in [0.4, 0.5) is 4.39 Å². The van der Waals surface area contributed by atoms with Crippen LogP contribution in [0.15, 0.2) is 18.2 Å². The molecule has 1 aromatic heterocycles. The van der Waals surface area contributed by atoms with Crippen LogP contribution >= 0.6 is 11.6 Å². The summed E-state index contributed by atoms with van der Waals surface area (Å²) in [6.07, 6.45) is 0.300. The van der Waals surface area contributed by atoms with Gasteiger partial charge in [-0.15, -0.1) is 0 Å². The molecule has 0 bridgehead atoms. The highest BCUT2D eigenvalue weighted by molar-refractivity contribution is 6.31. The van der Waals surface area contributed by atoms with Crippen LogP contribution in [0.3, 0.4) is 0 Å². The molecule has 0 unspecified atom stereocenters. The Kier molecular flexibility index (Phi) is 5.26. The van der Waals surface area contributed by atoms with E-state index in [2.05, 4.69) is 22.2 Å². The smallest absolute Gasteiger partial charge is 0.133 e. The first-order valence-corrected chi connectivity index (χ1v) is 7.37. The number of aromatic nitrogens is 2. The Morgan fingerprint density at radius 2 is 1.81 bits per heavy atom. The predicted octanol–water partition coefficient (Wildman–Crippen LogP) is 3.59. The topological polar surface area (TPSA) is 37.8 Å². The molecule has 1 aromatic carbocycles. The number of nitrogens with one attached hydrogen (secondary N) is 1. The van der Waals surface area contributed by atoms with Crippen molar-refractivity contribution in [3.63, 3.8) is 0 Å². The Morgan fingerprint density at radius 1 is 1.14 bits per heavy atom. The van der Waals surface area contributed by atoms with Gasteiger partial charge < -0.3 is 5.32 Å². The van der Waals surface area contributed by atoms with Crippen LogP contribution in [0.2, 0.25) is 5.02 Å². The Hall–Kier alpha value is -1.52. The third kappa shape index (κ3) is 3.77. The molecule has 21 heavy (non-hydrogen) atoms. The first-order valence-electron chi connectivity index (χ1n) is 6.99. The zero-order valence-electron chi connectivity index (χ0n) is 12.5. The van der Waals surface area contributed by atoms with Crippen molar-refractivity contribution in [1.29, 1.82) is 0 Å². The molecule has 3 nitrogen and oxygen atoms in total. The van der Waals surface area contributed by atoms with Gasteiger partial charge in [0.2, 0.25) is 0 Å². The fourth-order valence-electron chi connectivity index (χ4n) is 2.25. The zero-order valence-corrected chi connectivity index (χ0v) is 13.3. The van der Waals surface area contributed by atoms with E-state index in [0.717, 1.165) is 30.0 Å². The largest absolute Gasteiger partial charge is 0.313 e. The predicted molar refractivity (Wildman–Crippen MR) is 83.1 cm³/mol. The first kappa shape index (κ1) is 15.9. The summed E-state index contributed by atoms with van der Waals surface area (Å²) < 4.78 is 13.8. The van der Waals surface area contributed by atoms with Crippen LogP contribution in [-0.4, -0.2) is 16.5 Å². The van der Waals surface area contributed by atoms with Crippen LogP contribution in [0.25, 0.3) is 0 Å². The van der Waals surface area contributed by atoms with Gasteiger partial charge in [-0.2, -0.15) is 0 Å². The molecule has 112 valence electrons. The molecule has 0 aliphatic carbocycles. The highest BCUT2D eigenvalue weighted by Gasteiger charge is 2.12. The van der Waals surface area contributed by atoms with Gasteiger partial charge in [0.1, 0.15) is 11.6 Å². The molecule has 1 heterocycles. The average molecular weight is 308 g/mol. The second-order valence-corrected chi connectivity index (χ2v) is 5.35. The SMILES string of the molecule is CCNCc1c(C)nc(Cc2c(F)cccc2Cl)nc1C. The summed E-state index contributed by atoms with van der Waals surface area (Å²) in [6.45, 7) is 7.60. The highest BCUT2D eigenvalue weighted by Crippen LogP contribution is 2.22. The molecule has 2 rings (SSSR count). The van der Waals surface area contributed by atoms with Gasteiger partial charge in [-0.05, 0) is 32.5 Å². The van der Waals surface area contributed by atoms with Crippen molar-refractivity contribution in [2.75, 3.05) is 6.54 Å². The summed E-state index contributed by atoms with van der Waals surface area (Å²) in [7, 11) is 0. The fourth-order valence-corrected chi connectivity index (χ4v) is 2.48. The van der Waals surface area contributed by atoms with Gasteiger partial charge in [-0.1, -0.05) is 24.6 Å². The van der Waals surface area contributed by atoms with Gasteiger partial charge in [0, 0.05) is 40.5 Å². The Labute approximate surface area is 129 Å². The Bertz CT molecular complexity index is 600. The number of halogens is 2. The van der Waals surface area contributed by atoms with Crippen molar-refractivity contribution in [3.8, 4) is 0 Å². The van der Waals surface area contributed by atoms with E-state index in [1.807, 2.05) is 13.8 Å². The van der Waals surface area contributed by atoms with Gasteiger partial charge in [0.15, 0.2) is 0 Å². The molecular formula is C16H19ClFN3. The number of benzene rings is 1. The lowest BCUT2D eigenvalue weighted by molar-refractivity contribution is 0.611. The van der Waals surface area contributed by atoms with Crippen molar-refractivity contribution in [2.24, 2.45) is 0 Å². The Morgan fingerprint density at radius 3 is 2.38 bits per heavy atom. The highest BCUT2D eigenvalue weighted by atomic mass is 35.5. The summed E-state index contributed by atoms with van der Waals surface area (Å²) in [5.41, 5.74) is 3.38. The zero-order chi connectivity index (χ0) is 15.4. The lowest BCUT2D eigenvalue weighted by atomic mass is 10.1. The molecule has 0 saturated heterocycles. The van der Waals surface area contributed by atoms with E-state index < -0.39 is 0 Å². The third-order valence-electron chi connectivity index (χ3n) is 3.42. The number of aryl methyl sites for hydroxylation is 2. The lowest BCUT2D eigenvalue weighted by Gasteiger charge is -2.12. The van der Waals surface area contributed by atoms with E-state index in [0.29, 0.717) is 22.8 Å². The molecule has 1 N–H and O–H groups in total. The number of hydrogen-bond donors (Lipinski definition) is 1. The molecule has 0 saturated carbocycles. The van der Waals surface area contributed by atoms with Gasteiger partial charge >= 0.3 is 0 Å². The first-order chi connectivity index (χ1) is 10.0. The summed E-state index contributed by atoms with van der Waals surface area (Å²) >= 11 is 6.05. The van der Waals surface area contributed by atoms with E-state index >= 15 is 0 Å². The molecule has 2 aromatic rings. The van der Waals surface area contributed by atoms with Gasteiger partial charge in [0.05, 0.1) is 0 Å². The maximum absolute atomic E-state index is 13.8. The van der Waals surface area contributed by atoms with E-state index in [4.69, 9.17) is 11.6 Å². The molecule has 0 amide bonds. The standard InChI is InChI=1S/C16H19ClFN3/c1-4-19-9-13-10(2)20-16(21-11(13)3)8-12-14(17)6-5-7-15(12)18/h5-7,19H,4,8-9H2,1-3H3. The van der Waals surface area contributed by atoms with E-state index in [1.54, 1.807) is 12.1 Å². The maximum atomic E-state index is 13.8. The second-order valence-electron chi connectivity index (χ2n) is 4.95. The normalized spacial score (nSPS) is 10.9. The molecule has 0 aliphatic rings. The van der Waals surface area contributed by atoms with Gasteiger partial charge in [-0.3, -0.25) is 0 Å². The van der Waals surface area contributed by atoms with Crippen LogP contribution < -0.4 is 5.32 Å². The minimum Gasteiger partial charge on any atom is -0.313 e. The van der Waals surface area contributed by atoms with E-state index in [-0.39, 0.29) is 5.82 Å². The molecule has 0 fully saturated rings. The van der Waals surface area contributed by atoms with Crippen molar-refractivity contribution in [3.05, 3.63) is 57.4 Å². The molecule has 0 aliphatic heterocycles. The number of hydrogen-bond acceptors (Lipinski definition) is 3. The van der Waals surface area contributed by atoms with E-state index in [1.165, 1.54) is 6.07 Å². The monoisotopic (exact) mass is 307 g/mol. The molecule has 5 heteroatoms. The van der Waals surface area contributed by atoms with Gasteiger partial charge in [0.25, 0.3) is 0 Å². The average Bonchev–Trinajstić information content (AvgIpc) is 2.42. The lowest BCUT2D eigenvalue weighted by Crippen LogP contribution is -2.16. The van der Waals surface area contributed by atoms with Crippen molar-refractivity contribution in [2.45, 2.75) is 33.7 Å². The Balaban J connectivity index is 2.30. The minimum absolute atomic E-state index is 0.300. The summed E-state index contributed by atoms with van der Waals surface area (Å²) in [4.78, 5) is 8.98. The van der Waals surface area contributed by atoms with Crippen molar-refractivity contribution < 1.29 is 4.39 Å². The van der Waals surface area contributed by atoms with Crippen LogP contribution in [0.5, 0.6) is 0 Å². The van der Waals surface area contributed by atoms with Crippen molar-refractivity contribution in [1.82, 2.24) is 15.3 Å². The van der Waals surface area contributed by atoms with Crippen LogP contribution in [0.1, 0.15) is 35.3 Å². The summed E-state index contributed by atoms with van der Waals surface area (Å²) in [6, 6.07) is 4.68. The van der Waals surface area contributed by atoms with Gasteiger partial charge in [-0.25, -0.2) is 14.4 Å². The van der Waals surface area contributed by atoms with Crippen LogP contribution in [-0.2, 0) is 13.0 Å². The maximum Gasteiger partial charge on any atom is 0.133 e. The van der Waals surface area contributed by atoms with Crippen LogP contribution in [0, 0.1) is 19.7 Å².